The lowest BCUT2D eigenvalue weighted by Gasteiger charge is -2.45. The number of hydrogen-bond donors (Lipinski definition) is 0. The van der Waals surface area contributed by atoms with Crippen LogP contribution in [0.2, 0.25) is 0 Å². The van der Waals surface area contributed by atoms with Crippen LogP contribution in [0.1, 0.15) is 40.0 Å². The molecule has 3 heteroatoms. The van der Waals surface area contributed by atoms with E-state index in [1.54, 1.807) is 0 Å². The van der Waals surface area contributed by atoms with Crippen LogP contribution in [0, 0.1) is 0 Å². The molecule has 3 aliphatic heterocycles. The molecule has 0 aromatic carbocycles. The second-order valence-electron chi connectivity index (χ2n) is 6.00. The fourth-order valence-electron chi connectivity index (χ4n) is 2.55. The van der Waals surface area contributed by atoms with E-state index in [0.29, 0.717) is 12.1 Å². The summed E-state index contributed by atoms with van der Waals surface area (Å²) in [5.41, 5.74) is 0.00398. The molecule has 0 amide bonds. The van der Waals surface area contributed by atoms with E-state index in [9.17, 15) is 0 Å². The number of ether oxygens (including phenoxy) is 2. The summed E-state index contributed by atoms with van der Waals surface area (Å²) in [6.45, 7) is 10.5. The van der Waals surface area contributed by atoms with Gasteiger partial charge in [0.15, 0.2) is 0 Å². The van der Waals surface area contributed by atoms with Gasteiger partial charge in [-0.2, -0.15) is 0 Å². The average molecular weight is 227 g/mol. The fraction of sp³-hybridized carbons (Fsp3) is 1.00. The lowest BCUT2D eigenvalue weighted by atomic mass is 9.97. The Balaban J connectivity index is 1.63. The van der Waals surface area contributed by atoms with Gasteiger partial charge in [0.05, 0.1) is 18.3 Å². The second-order valence-corrected chi connectivity index (χ2v) is 6.00. The van der Waals surface area contributed by atoms with Crippen LogP contribution in [0.4, 0.5) is 0 Å². The van der Waals surface area contributed by atoms with Gasteiger partial charge in [-0.3, -0.25) is 4.90 Å². The lowest BCUT2D eigenvalue weighted by molar-refractivity contribution is -0.108. The van der Waals surface area contributed by atoms with E-state index in [2.05, 4.69) is 25.7 Å². The molecule has 0 aromatic heterocycles. The highest BCUT2D eigenvalue weighted by atomic mass is 16.5. The summed E-state index contributed by atoms with van der Waals surface area (Å²) >= 11 is 0. The molecule has 0 radical (unpaired) electrons. The molecule has 0 saturated carbocycles. The molecule has 16 heavy (non-hydrogen) atoms. The Morgan fingerprint density at radius 1 is 1.31 bits per heavy atom. The zero-order chi connectivity index (χ0) is 11.6. The molecule has 2 unspecified atom stereocenters. The van der Waals surface area contributed by atoms with Crippen molar-refractivity contribution < 1.29 is 9.47 Å². The van der Waals surface area contributed by atoms with Crippen molar-refractivity contribution in [1.29, 1.82) is 0 Å². The first-order chi connectivity index (χ1) is 7.54. The Hall–Kier alpha value is -0.120. The van der Waals surface area contributed by atoms with Gasteiger partial charge < -0.3 is 9.47 Å². The molecule has 2 atom stereocenters. The van der Waals surface area contributed by atoms with Gasteiger partial charge in [-0.1, -0.05) is 0 Å². The van der Waals surface area contributed by atoms with Crippen LogP contribution in [0.3, 0.4) is 0 Å². The molecular weight excluding hydrogens is 202 g/mol. The summed E-state index contributed by atoms with van der Waals surface area (Å²) in [5.74, 6) is 0. The summed E-state index contributed by atoms with van der Waals surface area (Å²) < 4.78 is 11.4. The molecule has 3 rings (SSSR count). The van der Waals surface area contributed by atoms with Gasteiger partial charge in [0.2, 0.25) is 0 Å². The van der Waals surface area contributed by atoms with Crippen LogP contribution < -0.4 is 0 Å². The summed E-state index contributed by atoms with van der Waals surface area (Å²) in [6, 6.07) is 0.680. The van der Waals surface area contributed by atoms with E-state index >= 15 is 0 Å². The van der Waals surface area contributed by atoms with Crippen molar-refractivity contribution in [2.75, 3.05) is 26.3 Å². The summed E-state index contributed by atoms with van der Waals surface area (Å²) in [5, 5.41) is 0. The molecule has 0 N–H and O–H groups in total. The molecule has 3 saturated heterocycles. The van der Waals surface area contributed by atoms with E-state index in [1.165, 1.54) is 19.4 Å². The van der Waals surface area contributed by atoms with Crippen molar-refractivity contribution >= 4 is 0 Å². The number of fused-ring (bicyclic) bond motifs is 3. The first kappa shape index (κ1) is 12.3. The number of morpholine rings is 1. The van der Waals surface area contributed by atoms with Gasteiger partial charge in [0.25, 0.3) is 0 Å². The van der Waals surface area contributed by atoms with E-state index < -0.39 is 0 Å². The Bertz CT molecular complexity index is 216. The quantitative estimate of drug-likeness (QED) is 0.686. The monoisotopic (exact) mass is 227 g/mol. The van der Waals surface area contributed by atoms with Gasteiger partial charge >= 0.3 is 0 Å². The minimum Gasteiger partial charge on any atom is -0.376 e. The Labute approximate surface area is 99.1 Å². The van der Waals surface area contributed by atoms with Crippen LogP contribution in [-0.4, -0.2) is 49.0 Å². The smallest absolute Gasteiger partial charge is 0.0703 e. The first-order valence-corrected chi connectivity index (χ1v) is 6.54. The van der Waals surface area contributed by atoms with Crippen molar-refractivity contribution in [1.82, 2.24) is 4.90 Å². The van der Waals surface area contributed by atoms with Crippen LogP contribution >= 0.6 is 0 Å². The largest absolute Gasteiger partial charge is 0.376 e. The van der Waals surface area contributed by atoms with Crippen LogP contribution in [-0.2, 0) is 9.47 Å². The maximum atomic E-state index is 5.74. The maximum absolute atomic E-state index is 5.74. The lowest BCUT2D eigenvalue weighted by Crippen LogP contribution is -2.54. The van der Waals surface area contributed by atoms with E-state index in [4.69, 9.17) is 9.47 Å². The highest BCUT2D eigenvalue weighted by Crippen LogP contribution is 2.26. The summed E-state index contributed by atoms with van der Waals surface area (Å²) in [7, 11) is 0. The molecule has 3 heterocycles. The van der Waals surface area contributed by atoms with Crippen molar-refractivity contribution in [3.05, 3.63) is 0 Å². The van der Waals surface area contributed by atoms with Gasteiger partial charge in [-0.25, -0.2) is 0 Å². The van der Waals surface area contributed by atoms with Crippen LogP contribution in [0.25, 0.3) is 0 Å². The molecule has 0 aromatic rings. The van der Waals surface area contributed by atoms with Crippen molar-refractivity contribution in [3.63, 3.8) is 0 Å². The summed E-state index contributed by atoms with van der Waals surface area (Å²) in [4.78, 5) is 2.59. The predicted molar refractivity (Wildman–Crippen MR) is 64.7 cm³/mol. The molecule has 3 aliphatic rings. The number of nitrogens with zero attached hydrogens (tertiary/aromatic N) is 1. The van der Waals surface area contributed by atoms with Gasteiger partial charge in [0, 0.05) is 25.7 Å². The third-order valence-electron chi connectivity index (χ3n) is 3.43. The van der Waals surface area contributed by atoms with Crippen LogP contribution in [0.5, 0.6) is 0 Å². The number of hydrogen-bond acceptors (Lipinski definition) is 3. The normalized spacial score (nSPS) is 30.9. The third-order valence-corrected chi connectivity index (χ3v) is 3.43. The van der Waals surface area contributed by atoms with Gasteiger partial charge in [-0.05, 0) is 40.0 Å². The first-order valence-electron chi connectivity index (χ1n) is 6.54. The van der Waals surface area contributed by atoms with Crippen molar-refractivity contribution in [2.24, 2.45) is 0 Å². The van der Waals surface area contributed by atoms with Gasteiger partial charge in [-0.15, -0.1) is 0 Å². The van der Waals surface area contributed by atoms with Crippen LogP contribution in [0.15, 0.2) is 0 Å². The Morgan fingerprint density at radius 2 is 2.12 bits per heavy atom. The Kier molecular flexibility index (Phi) is 3.88. The minimum atomic E-state index is 0.00398. The molecule has 2 bridgehead atoms. The molecule has 0 aliphatic carbocycles. The predicted octanol–water partition coefficient (Wildman–Crippen LogP) is 2.05. The molecule has 94 valence electrons. The highest BCUT2D eigenvalue weighted by Gasteiger charge is 2.33. The van der Waals surface area contributed by atoms with Crippen molar-refractivity contribution in [2.45, 2.75) is 57.8 Å². The van der Waals surface area contributed by atoms with Crippen molar-refractivity contribution in [3.8, 4) is 0 Å². The van der Waals surface area contributed by atoms with E-state index in [-0.39, 0.29) is 5.60 Å². The summed E-state index contributed by atoms with van der Waals surface area (Å²) in [6.07, 6.45) is 4.24. The van der Waals surface area contributed by atoms with E-state index in [1.807, 2.05) is 0 Å². The third kappa shape index (κ3) is 3.44. The van der Waals surface area contributed by atoms with E-state index in [0.717, 1.165) is 26.2 Å². The minimum absolute atomic E-state index is 0.00398. The number of piperidine rings is 1. The molecule has 3 nitrogen and oxygen atoms in total. The average Bonchev–Trinajstić information content (AvgIpc) is 2.25. The second kappa shape index (κ2) is 5.03. The zero-order valence-corrected chi connectivity index (χ0v) is 10.9. The Morgan fingerprint density at radius 3 is 2.62 bits per heavy atom. The maximum Gasteiger partial charge on any atom is 0.0703 e. The zero-order valence-electron chi connectivity index (χ0n) is 10.9. The van der Waals surface area contributed by atoms with Gasteiger partial charge in [0.1, 0.15) is 0 Å². The molecule has 3 fully saturated rings. The fourth-order valence-corrected chi connectivity index (χ4v) is 2.55. The molecule has 0 spiro atoms. The highest BCUT2D eigenvalue weighted by molar-refractivity contribution is 4.86. The standard InChI is InChI=1S/C13H25NO2/c1-13(2,3)16-8-4-7-14-9-12-6-5-11(14)10-15-12/h11-12H,4-10H2,1-3H3. The molecular formula is C13H25NO2. The topological polar surface area (TPSA) is 21.7 Å². The SMILES string of the molecule is CC(C)(C)OCCCN1CC2CCC1CO2. The number of rotatable bonds is 4.